The molecule has 1 heterocycles. The van der Waals surface area contributed by atoms with Crippen molar-refractivity contribution in [2.45, 2.75) is 18.4 Å². The minimum Gasteiger partial charge on any atom is -0.347 e. The van der Waals surface area contributed by atoms with E-state index in [0.29, 0.717) is 16.3 Å². The molecule has 0 aliphatic carbocycles. The first-order valence-corrected chi connectivity index (χ1v) is 13.2. The number of carbonyl (C=O) groups excluding carboxylic acids is 1. The number of rotatable bonds is 7. The zero-order valence-corrected chi connectivity index (χ0v) is 21.0. The SMILES string of the molecule is Cc1ccc(N(C)S(=O)(=O)c2c(-c3ccccc3)csc2C(=O)NCc2cccc(Cl)c2)cc1. The Hall–Kier alpha value is -3.13. The third-order valence-electron chi connectivity index (χ3n) is 5.39. The van der Waals surface area contributed by atoms with Crippen LogP contribution in [0.3, 0.4) is 0 Å². The number of hydrogen-bond donors (Lipinski definition) is 1. The summed E-state index contributed by atoms with van der Waals surface area (Å²) in [6.45, 7) is 2.16. The van der Waals surface area contributed by atoms with Gasteiger partial charge in [-0.2, -0.15) is 0 Å². The van der Waals surface area contributed by atoms with E-state index in [9.17, 15) is 13.2 Å². The number of anilines is 1. The average Bonchev–Trinajstić information content (AvgIpc) is 3.29. The lowest BCUT2D eigenvalue weighted by Crippen LogP contribution is -2.30. The van der Waals surface area contributed by atoms with Crippen LogP contribution >= 0.6 is 22.9 Å². The maximum atomic E-state index is 13.9. The molecular weight excluding hydrogens is 488 g/mol. The zero-order chi connectivity index (χ0) is 24.3. The highest BCUT2D eigenvalue weighted by Crippen LogP contribution is 2.38. The van der Waals surface area contributed by atoms with Gasteiger partial charge in [0.2, 0.25) is 0 Å². The van der Waals surface area contributed by atoms with Crippen LogP contribution in [0, 0.1) is 6.92 Å². The summed E-state index contributed by atoms with van der Waals surface area (Å²) in [5.74, 6) is -0.456. The van der Waals surface area contributed by atoms with Gasteiger partial charge in [0, 0.05) is 29.6 Å². The van der Waals surface area contributed by atoms with E-state index in [2.05, 4.69) is 5.32 Å². The van der Waals surface area contributed by atoms with E-state index in [1.807, 2.05) is 55.5 Å². The summed E-state index contributed by atoms with van der Waals surface area (Å²) < 4.78 is 28.9. The molecular formula is C26H23ClN2O3S2. The smallest absolute Gasteiger partial charge is 0.266 e. The molecule has 3 aromatic carbocycles. The molecule has 1 N–H and O–H groups in total. The minimum absolute atomic E-state index is 0.00429. The van der Waals surface area contributed by atoms with Crippen molar-refractivity contribution >= 4 is 44.6 Å². The molecule has 0 saturated heterocycles. The number of thiophene rings is 1. The molecule has 8 heteroatoms. The van der Waals surface area contributed by atoms with Crippen LogP contribution in [-0.2, 0) is 16.6 Å². The average molecular weight is 511 g/mol. The second kappa shape index (κ2) is 10.0. The minimum atomic E-state index is -4.04. The largest absolute Gasteiger partial charge is 0.347 e. The Labute approximate surface area is 208 Å². The number of sulfonamides is 1. The number of carbonyl (C=O) groups is 1. The van der Waals surface area contributed by atoms with E-state index >= 15 is 0 Å². The predicted molar refractivity (Wildman–Crippen MR) is 139 cm³/mol. The van der Waals surface area contributed by atoms with Crippen molar-refractivity contribution in [2.24, 2.45) is 0 Å². The van der Waals surface area contributed by atoms with Gasteiger partial charge in [0.25, 0.3) is 15.9 Å². The predicted octanol–water partition coefficient (Wildman–Crippen LogP) is 6.13. The van der Waals surface area contributed by atoms with Crippen LogP contribution in [0.15, 0.2) is 89.1 Å². The third kappa shape index (κ3) is 5.01. The molecule has 0 spiro atoms. The van der Waals surface area contributed by atoms with Gasteiger partial charge in [-0.1, -0.05) is 71.8 Å². The number of halogens is 1. The number of aryl methyl sites for hydroxylation is 1. The summed E-state index contributed by atoms with van der Waals surface area (Å²) in [6, 6.07) is 23.6. The highest BCUT2D eigenvalue weighted by molar-refractivity contribution is 7.93. The molecule has 34 heavy (non-hydrogen) atoms. The second-order valence-corrected chi connectivity index (χ2v) is 11.0. The molecule has 0 saturated carbocycles. The molecule has 0 radical (unpaired) electrons. The van der Waals surface area contributed by atoms with Gasteiger partial charge in [0.1, 0.15) is 9.77 Å². The van der Waals surface area contributed by atoms with E-state index in [4.69, 9.17) is 11.6 Å². The molecule has 4 rings (SSSR count). The first kappa shape index (κ1) is 24.0. The topological polar surface area (TPSA) is 66.5 Å². The number of nitrogens with one attached hydrogen (secondary N) is 1. The summed E-state index contributed by atoms with van der Waals surface area (Å²) >= 11 is 7.16. The van der Waals surface area contributed by atoms with Crippen molar-refractivity contribution in [3.8, 4) is 11.1 Å². The zero-order valence-electron chi connectivity index (χ0n) is 18.7. The highest BCUT2D eigenvalue weighted by atomic mass is 35.5. The Balaban J connectivity index is 1.75. The van der Waals surface area contributed by atoms with Crippen molar-refractivity contribution in [1.82, 2.24) is 5.32 Å². The molecule has 0 aliphatic rings. The van der Waals surface area contributed by atoms with Gasteiger partial charge < -0.3 is 5.32 Å². The lowest BCUT2D eigenvalue weighted by molar-refractivity contribution is 0.0952. The van der Waals surface area contributed by atoms with Gasteiger partial charge in [-0.3, -0.25) is 9.10 Å². The van der Waals surface area contributed by atoms with Crippen LogP contribution in [0.1, 0.15) is 20.8 Å². The molecule has 0 aliphatic heterocycles. The molecule has 5 nitrogen and oxygen atoms in total. The number of benzene rings is 3. The van der Waals surface area contributed by atoms with Crippen LogP contribution in [0.25, 0.3) is 11.1 Å². The molecule has 0 fully saturated rings. The number of nitrogens with zero attached hydrogens (tertiary/aromatic N) is 1. The third-order valence-corrected chi connectivity index (χ3v) is 8.61. The normalized spacial score (nSPS) is 11.3. The Morgan fingerprint density at radius 1 is 1.00 bits per heavy atom. The maximum Gasteiger partial charge on any atom is 0.266 e. The van der Waals surface area contributed by atoms with E-state index in [1.165, 1.54) is 11.4 Å². The molecule has 4 aromatic rings. The van der Waals surface area contributed by atoms with Crippen molar-refractivity contribution < 1.29 is 13.2 Å². The van der Waals surface area contributed by atoms with Crippen molar-refractivity contribution in [1.29, 1.82) is 0 Å². The molecule has 1 aromatic heterocycles. The van der Waals surface area contributed by atoms with Crippen LogP contribution in [0.4, 0.5) is 5.69 Å². The van der Waals surface area contributed by atoms with Gasteiger partial charge in [0.05, 0.1) is 5.69 Å². The van der Waals surface area contributed by atoms with Gasteiger partial charge >= 0.3 is 0 Å². The summed E-state index contributed by atoms with van der Waals surface area (Å²) in [7, 11) is -2.54. The molecule has 174 valence electrons. The molecule has 1 amide bonds. The van der Waals surface area contributed by atoms with E-state index in [0.717, 1.165) is 28.0 Å². The van der Waals surface area contributed by atoms with Gasteiger partial charge in [-0.05, 0) is 42.3 Å². The fourth-order valence-electron chi connectivity index (χ4n) is 3.52. The Kier molecular flexibility index (Phi) is 7.07. The lowest BCUT2D eigenvalue weighted by atomic mass is 10.1. The first-order chi connectivity index (χ1) is 16.3. The monoisotopic (exact) mass is 510 g/mol. The standard InChI is InChI=1S/C26H23ClN2O3S2/c1-18-11-13-22(14-12-18)29(2)34(31,32)25-23(20-8-4-3-5-9-20)17-33-24(25)26(30)28-16-19-7-6-10-21(27)15-19/h3-15,17H,16H2,1-2H3,(H,28,30). The van der Waals surface area contributed by atoms with Gasteiger partial charge in [0.15, 0.2) is 0 Å². The van der Waals surface area contributed by atoms with Gasteiger partial charge in [-0.25, -0.2) is 8.42 Å². The molecule has 0 atom stereocenters. The number of hydrogen-bond acceptors (Lipinski definition) is 4. The number of amides is 1. The maximum absolute atomic E-state index is 13.9. The molecule has 0 bridgehead atoms. The lowest BCUT2D eigenvalue weighted by Gasteiger charge is -2.21. The summed E-state index contributed by atoms with van der Waals surface area (Å²) in [6.07, 6.45) is 0. The first-order valence-electron chi connectivity index (χ1n) is 10.5. The fourth-order valence-corrected chi connectivity index (χ4v) is 6.61. The quantitative estimate of drug-likeness (QED) is 0.325. The van der Waals surface area contributed by atoms with Crippen LogP contribution in [0.5, 0.6) is 0 Å². The Bertz CT molecular complexity index is 1420. The van der Waals surface area contributed by atoms with Crippen LogP contribution in [0.2, 0.25) is 5.02 Å². The summed E-state index contributed by atoms with van der Waals surface area (Å²) in [5.41, 5.74) is 3.58. The Morgan fingerprint density at radius 2 is 1.71 bits per heavy atom. The fraction of sp³-hybridized carbons (Fsp3) is 0.115. The summed E-state index contributed by atoms with van der Waals surface area (Å²) in [4.78, 5) is 13.3. The van der Waals surface area contributed by atoms with E-state index in [1.54, 1.807) is 35.7 Å². The van der Waals surface area contributed by atoms with Crippen molar-refractivity contribution in [3.05, 3.63) is 105 Å². The van der Waals surface area contributed by atoms with Crippen LogP contribution < -0.4 is 9.62 Å². The van der Waals surface area contributed by atoms with Crippen molar-refractivity contribution in [2.75, 3.05) is 11.4 Å². The van der Waals surface area contributed by atoms with E-state index < -0.39 is 15.9 Å². The van der Waals surface area contributed by atoms with E-state index in [-0.39, 0.29) is 16.3 Å². The highest BCUT2D eigenvalue weighted by Gasteiger charge is 2.32. The Morgan fingerprint density at radius 3 is 2.38 bits per heavy atom. The van der Waals surface area contributed by atoms with Gasteiger partial charge in [-0.15, -0.1) is 11.3 Å². The van der Waals surface area contributed by atoms with Crippen LogP contribution in [-0.4, -0.2) is 21.4 Å². The molecule has 0 unspecified atom stereocenters. The second-order valence-electron chi connectivity index (χ2n) is 7.79. The van der Waals surface area contributed by atoms with Crippen molar-refractivity contribution in [3.63, 3.8) is 0 Å². The summed E-state index contributed by atoms with van der Waals surface area (Å²) in [5, 5.41) is 5.12.